The zero-order valence-electron chi connectivity index (χ0n) is 7.82. The lowest BCUT2D eigenvalue weighted by Gasteiger charge is -2.11. The number of rotatable bonds is 2. The van der Waals surface area contributed by atoms with E-state index < -0.39 is 17.7 Å². The van der Waals surface area contributed by atoms with Gasteiger partial charge in [-0.2, -0.15) is 13.2 Å². The molecule has 1 rings (SSSR count). The third-order valence-electron chi connectivity index (χ3n) is 1.75. The summed E-state index contributed by atoms with van der Waals surface area (Å²) < 4.78 is 37.4. The fourth-order valence-corrected chi connectivity index (χ4v) is 1.09. The molecule has 16 heavy (non-hydrogen) atoms. The molecular formula is C10H7F3O3. The van der Waals surface area contributed by atoms with Crippen molar-refractivity contribution in [1.82, 2.24) is 0 Å². The number of halogens is 3. The lowest BCUT2D eigenvalue weighted by molar-refractivity contribution is -0.131. The Labute approximate surface area is 88.4 Å². The molecule has 0 bridgehead atoms. The Bertz CT molecular complexity index is 418. The predicted molar refractivity (Wildman–Crippen MR) is 49.8 cm³/mol. The number of hydrogen-bond acceptors (Lipinski definition) is 2. The highest BCUT2D eigenvalue weighted by Gasteiger charge is 2.35. The van der Waals surface area contributed by atoms with Crippen LogP contribution in [0.5, 0.6) is 5.75 Å². The summed E-state index contributed by atoms with van der Waals surface area (Å²) in [6.45, 7) is 0. The molecule has 0 saturated carbocycles. The van der Waals surface area contributed by atoms with Gasteiger partial charge in [-0.3, -0.25) is 0 Å². The topological polar surface area (TPSA) is 57.5 Å². The number of carbonyl (C=O) groups is 1. The molecule has 0 spiro atoms. The van der Waals surface area contributed by atoms with E-state index in [0.717, 1.165) is 24.3 Å². The van der Waals surface area contributed by atoms with Gasteiger partial charge in [-0.1, -0.05) is 12.1 Å². The highest BCUT2D eigenvalue weighted by atomic mass is 19.4. The summed E-state index contributed by atoms with van der Waals surface area (Å²) >= 11 is 0. The molecule has 0 aliphatic heterocycles. The molecule has 3 nitrogen and oxygen atoms in total. The minimum atomic E-state index is -4.75. The summed E-state index contributed by atoms with van der Waals surface area (Å²) in [7, 11) is 0. The molecule has 0 radical (unpaired) electrons. The Morgan fingerprint density at radius 3 is 2.06 bits per heavy atom. The van der Waals surface area contributed by atoms with Gasteiger partial charge in [0, 0.05) is 6.08 Å². The minimum absolute atomic E-state index is 0.0897. The first-order chi connectivity index (χ1) is 7.30. The molecule has 2 N–H and O–H groups in total. The minimum Gasteiger partial charge on any atom is -0.508 e. The summed E-state index contributed by atoms with van der Waals surface area (Å²) in [5.74, 6) is -1.87. The molecule has 6 heteroatoms. The van der Waals surface area contributed by atoms with E-state index in [1.165, 1.54) is 0 Å². The molecule has 0 saturated heterocycles. The number of hydrogen-bond donors (Lipinski definition) is 2. The van der Waals surface area contributed by atoms with E-state index in [4.69, 9.17) is 10.2 Å². The molecule has 1 aromatic rings. The summed E-state index contributed by atoms with van der Waals surface area (Å²) in [6, 6.07) is 4.10. The van der Waals surface area contributed by atoms with Crippen LogP contribution in [-0.2, 0) is 4.79 Å². The number of aliphatic carboxylic acids is 1. The van der Waals surface area contributed by atoms with Gasteiger partial charge < -0.3 is 10.2 Å². The van der Waals surface area contributed by atoms with Gasteiger partial charge in [-0.15, -0.1) is 0 Å². The van der Waals surface area contributed by atoms with Crippen molar-refractivity contribution in [3.63, 3.8) is 0 Å². The SMILES string of the molecule is O=C(O)/C=C(\c1ccc(O)cc1)C(F)(F)F. The molecule has 86 valence electrons. The highest BCUT2D eigenvalue weighted by Crippen LogP contribution is 2.34. The van der Waals surface area contributed by atoms with Crippen LogP contribution in [-0.4, -0.2) is 22.4 Å². The Morgan fingerprint density at radius 1 is 1.19 bits per heavy atom. The zero-order chi connectivity index (χ0) is 12.3. The lowest BCUT2D eigenvalue weighted by Crippen LogP contribution is -2.12. The molecule has 0 heterocycles. The smallest absolute Gasteiger partial charge is 0.417 e. The fraction of sp³-hybridized carbons (Fsp3) is 0.100. The first-order valence-corrected chi connectivity index (χ1v) is 4.12. The predicted octanol–water partition coefficient (Wildman–Crippen LogP) is 2.42. The third-order valence-corrected chi connectivity index (χ3v) is 1.75. The van der Waals surface area contributed by atoms with Crippen molar-refractivity contribution in [3.8, 4) is 5.75 Å². The maximum absolute atomic E-state index is 12.5. The van der Waals surface area contributed by atoms with Crippen LogP contribution in [0.1, 0.15) is 5.56 Å². The van der Waals surface area contributed by atoms with Gasteiger partial charge in [0.25, 0.3) is 0 Å². The maximum atomic E-state index is 12.5. The second kappa shape index (κ2) is 4.26. The number of aromatic hydroxyl groups is 1. The van der Waals surface area contributed by atoms with Crippen LogP contribution in [0.15, 0.2) is 30.3 Å². The van der Waals surface area contributed by atoms with E-state index in [2.05, 4.69) is 0 Å². The number of alkyl halides is 3. The van der Waals surface area contributed by atoms with Crippen LogP contribution in [0.2, 0.25) is 0 Å². The number of carboxylic acids is 1. The standard InChI is InChI=1S/C10H7F3O3/c11-10(12,13)8(5-9(15)16)6-1-3-7(14)4-2-6/h1-5,14H,(H,15,16)/b8-5+. The van der Waals surface area contributed by atoms with Crippen LogP contribution in [0.25, 0.3) is 5.57 Å². The van der Waals surface area contributed by atoms with Crippen LogP contribution < -0.4 is 0 Å². The van der Waals surface area contributed by atoms with Crippen molar-refractivity contribution in [2.45, 2.75) is 6.18 Å². The van der Waals surface area contributed by atoms with E-state index >= 15 is 0 Å². The molecule has 1 aromatic carbocycles. The van der Waals surface area contributed by atoms with Crippen molar-refractivity contribution in [2.75, 3.05) is 0 Å². The molecule has 0 unspecified atom stereocenters. The monoisotopic (exact) mass is 232 g/mol. The lowest BCUT2D eigenvalue weighted by atomic mass is 10.1. The van der Waals surface area contributed by atoms with Crippen molar-refractivity contribution >= 4 is 11.5 Å². The average Bonchev–Trinajstić information content (AvgIpc) is 2.14. The van der Waals surface area contributed by atoms with Gasteiger partial charge >= 0.3 is 12.1 Å². The summed E-state index contributed by atoms with van der Waals surface area (Å²) in [5, 5.41) is 17.2. The van der Waals surface area contributed by atoms with E-state index in [1.54, 1.807) is 0 Å². The van der Waals surface area contributed by atoms with E-state index in [9.17, 15) is 18.0 Å². The molecular weight excluding hydrogens is 225 g/mol. The number of benzene rings is 1. The third kappa shape index (κ3) is 3.01. The van der Waals surface area contributed by atoms with Crippen molar-refractivity contribution < 1.29 is 28.2 Å². The average molecular weight is 232 g/mol. The molecule has 0 amide bonds. The van der Waals surface area contributed by atoms with Gasteiger partial charge in [0.1, 0.15) is 5.75 Å². The van der Waals surface area contributed by atoms with E-state index in [0.29, 0.717) is 0 Å². The Hall–Kier alpha value is -1.98. The van der Waals surface area contributed by atoms with E-state index in [-0.39, 0.29) is 17.4 Å². The second-order valence-corrected chi connectivity index (χ2v) is 2.94. The van der Waals surface area contributed by atoms with Gasteiger partial charge in [0.05, 0.1) is 5.57 Å². The van der Waals surface area contributed by atoms with Crippen LogP contribution in [0.4, 0.5) is 13.2 Å². The number of allylic oxidation sites excluding steroid dienone is 1. The molecule has 0 aromatic heterocycles. The first kappa shape index (κ1) is 12.1. The van der Waals surface area contributed by atoms with E-state index in [1.807, 2.05) is 0 Å². The zero-order valence-corrected chi connectivity index (χ0v) is 7.82. The van der Waals surface area contributed by atoms with Crippen molar-refractivity contribution in [1.29, 1.82) is 0 Å². The number of carboxylic acid groups (broad SMARTS) is 1. The Balaban J connectivity index is 3.23. The molecule has 0 fully saturated rings. The highest BCUT2D eigenvalue weighted by molar-refractivity contribution is 5.91. The van der Waals surface area contributed by atoms with Gasteiger partial charge in [0.15, 0.2) is 0 Å². The normalized spacial score (nSPS) is 12.6. The first-order valence-electron chi connectivity index (χ1n) is 4.12. The maximum Gasteiger partial charge on any atom is 0.417 e. The number of phenolic OH excluding ortho intramolecular Hbond substituents is 1. The van der Waals surface area contributed by atoms with Crippen LogP contribution >= 0.6 is 0 Å². The Morgan fingerprint density at radius 2 is 1.69 bits per heavy atom. The van der Waals surface area contributed by atoms with Gasteiger partial charge in [-0.25, -0.2) is 4.79 Å². The largest absolute Gasteiger partial charge is 0.508 e. The van der Waals surface area contributed by atoms with Crippen LogP contribution in [0, 0.1) is 0 Å². The fourth-order valence-electron chi connectivity index (χ4n) is 1.09. The van der Waals surface area contributed by atoms with Crippen molar-refractivity contribution in [3.05, 3.63) is 35.9 Å². The summed E-state index contributed by atoms with van der Waals surface area (Å²) in [4.78, 5) is 10.3. The second-order valence-electron chi connectivity index (χ2n) is 2.94. The molecule has 0 aliphatic carbocycles. The van der Waals surface area contributed by atoms with Gasteiger partial charge in [0.2, 0.25) is 0 Å². The van der Waals surface area contributed by atoms with Crippen molar-refractivity contribution in [2.24, 2.45) is 0 Å². The van der Waals surface area contributed by atoms with Crippen LogP contribution in [0.3, 0.4) is 0 Å². The summed E-state index contributed by atoms with van der Waals surface area (Å²) in [5.41, 5.74) is -1.58. The molecule has 0 aliphatic rings. The molecule has 0 atom stereocenters. The quantitative estimate of drug-likeness (QED) is 0.770. The summed E-state index contributed by atoms with van der Waals surface area (Å²) in [6.07, 6.45) is -4.66. The van der Waals surface area contributed by atoms with Gasteiger partial charge in [-0.05, 0) is 17.7 Å². The Kier molecular flexibility index (Phi) is 3.22. The number of phenols is 1.